The number of unbranched alkanes of at least 4 members (excludes halogenated alkanes) is 2. The van der Waals surface area contributed by atoms with E-state index in [1.54, 1.807) is 4.90 Å². The summed E-state index contributed by atoms with van der Waals surface area (Å²) in [5.74, 6) is 0.298. The number of hydrogen-bond donors (Lipinski definition) is 0. The van der Waals surface area contributed by atoms with Crippen LogP contribution in [0.25, 0.3) is 6.08 Å². The molecule has 6 heteroatoms. The Morgan fingerprint density at radius 2 is 2.00 bits per heavy atom. The summed E-state index contributed by atoms with van der Waals surface area (Å²) in [4.78, 5) is 29.7. The van der Waals surface area contributed by atoms with E-state index >= 15 is 0 Å². The Kier molecular flexibility index (Phi) is 8.30. The first-order valence-corrected chi connectivity index (χ1v) is 11.9. The van der Waals surface area contributed by atoms with E-state index in [4.69, 9.17) is 12.2 Å². The fraction of sp³-hybridized carbons (Fsp3) is 0.522. The van der Waals surface area contributed by atoms with Crippen molar-refractivity contribution >= 4 is 46.2 Å². The van der Waals surface area contributed by atoms with Gasteiger partial charge in [0.05, 0.1) is 4.91 Å². The first kappa shape index (κ1) is 22.0. The van der Waals surface area contributed by atoms with E-state index in [0.29, 0.717) is 34.1 Å². The van der Waals surface area contributed by atoms with Crippen molar-refractivity contribution in [2.24, 2.45) is 0 Å². The minimum atomic E-state index is -0.000895. The number of piperidine rings is 1. The Labute approximate surface area is 183 Å². The van der Waals surface area contributed by atoms with Gasteiger partial charge in [0.2, 0.25) is 5.91 Å². The maximum absolute atomic E-state index is 12.7. The number of rotatable bonds is 8. The average molecular weight is 431 g/mol. The summed E-state index contributed by atoms with van der Waals surface area (Å²) in [5.41, 5.74) is 1.01. The van der Waals surface area contributed by atoms with Gasteiger partial charge in [-0.3, -0.25) is 14.5 Å². The average Bonchev–Trinajstić information content (AvgIpc) is 3.01. The summed E-state index contributed by atoms with van der Waals surface area (Å²) in [6.45, 7) is 3.72. The van der Waals surface area contributed by atoms with Crippen LogP contribution < -0.4 is 0 Å². The molecule has 0 radical (unpaired) electrons. The molecule has 156 valence electrons. The Hall–Kier alpha value is -1.66. The first-order valence-electron chi connectivity index (χ1n) is 10.7. The van der Waals surface area contributed by atoms with Crippen molar-refractivity contribution < 1.29 is 9.59 Å². The van der Waals surface area contributed by atoms with Gasteiger partial charge in [-0.05, 0) is 50.2 Å². The number of thioether (sulfide) groups is 1. The van der Waals surface area contributed by atoms with Crippen molar-refractivity contribution in [1.82, 2.24) is 9.80 Å². The van der Waals surface area contributed by atoms with Gasteiger partial charge >= 0.3 is 0 Å². The predicted octanol–water partition coefficient (Wildman–Crippen LogP) is 5.24. The summed E-state index contributed by atoms with van der Waals surface area (Å²) in [7, 11) is 0. The highest BCUT2D eigenvalue weighted by Crippen LogP contribution is 2.32. The van der Waals surface area contributed by atoms with Gasteiger partial charge in [0, 0.05) is 25.6 Å². The van der Waals surface area contributed by atoms with Gasteiger partial charge in [0.1, 0.15) is 4.32 Å². The smallest absolute Gasteiger partial charge is 0.266 e. The maximum atomic E-state index is 12.7. The van der Waals surface area contributed by atoms with Crippen molar-refractivity contribution in [3.8, 4) is 0 Å². The molecule has 4 nitrogen and oxygen atoms in total. The van der Waals surface area contributed by atoms with E-state index in [9.17, 15) is 9.59 Å². The van der Waals surface area contributed by atoms with E-state index in [-0.39, 0.29) is 5.91 Å². The normalized spacial score (nSPS) is 21.3. The number of likely N-dealkylation sites (tertiary alicyclic amines) is 1. The van der Waals surface area contributed by atoms with Crippen LogP contribution in [0, 0.1) is 0 Å². The van der Waals surface area contributed by atoms with E-state index in [2.05, 4.69) is 11.8 Å². The summed E-state index contributed by atoms with van der Waals surface area (Å²) in [6.07, 6.45) is 9.77. The summed E-state index contributed by atoms with van der Waals surface area (Å²) >= 11 is 6.78. The third-order valence-corrected chi connectivity index (χ3v) is 7.04. The zero-order valence-electron chi connectivity index (χ0n) is 17.1. The van der Waals surface area contributed by atoms with Crippen LogP contribution in [0.3, 0.4) is 0 Å². The molecule has 0 saturated carbocycles. The van der Waals surface area contributed by atoms with Gasteiger partial charge in [0.15, 0.2) is 0 Å². The molecule has 0 aromatic heterocycles. The van der Waals surface area contributed by atoms with Crippen LogP contribution in [-0.2, 0) is 9.59 Å². The molecule has 2 heterocycles. The quantitative estimate of drug-likeness (QED) is 0.321. The van der Waals surface area contributed by atoms with Crippen LogP contribution >= 0.6 is 24.0 Å². The topological polar surface area (TPSA) is 40.6 Å². The van der Waals surface area contributed by atoms with E-state index in [1.165, 1.54) is 18.2 Å². The Morgan fingerprint density at radius 1 is 1.21 bits per heavy atom. The number of benzene rings is 1. The summed E-state index contributed by atoms with van der Waals surface area (Å²) < 4.78 is 0.632. The number of nitrogens with zero attached hydrogens (tertiary/aromatic N) is 2. The highest BCUT2D eigenvalue weighted by atomic mass is 32.2. The van der Waals surface area contributed by atoms with Crippen molar-refractivity contribution in [3.05, 3.63) is 40.8 Å². The lowest BCUT2D eigenvalue weighted by molar-refractivity contribution is -0.135. The number of hydrogen-bond acceptors (Lipinski definition) is 4. The summed E-state index contributed by atoms with van der Waals surface area (Å²) in [5, 5.41) is 0. The molecule has 29 heavy (non-hydrogen) atoms. The second-order valence-corrected chi connectivity index (χ2v) is 9.38. The van der Waals surface area contributed by atoms with Crippen LogP contribution in [0.5, 0.6) is 0 Å². The third kappa shape index (κ3) is 5.92. The lowest BCUT2D eigenvalue weighted by atomic mass is 9.99. The molecule has 0 N–H and O–H groups in total. The standard InChI is InChI=1S/C23H30N2O2S2/c1-2-19-13-8-10-15-24(19)21(26)14-7-4-9-16-25-22(27)20(29-23(25)28)17-18-11-5-3-6-12-18/h3,5-6,11-12,17,19H,2,4,7-10,13-16H2,1H3. The number of carbonyl (C=O) groups excluding carboxylic acids is 2. The van der Waals surface area contributed by atoms with Gasteiger partial charge < -0.3 is 4.90 Å². The van der Waals surface area contributed by atoms with Crippen LogP contribution in [-0.4, -0.2) is 45.1 Å². The van der Waals surface area contributed by atoms with E-state index in [1.807, 2.05) is 36.4 Å². The second kappa shape index (κ2) is 10.9. The minimum Gasteiger partial charge on any atom is -0.340 e. The van der Waals surface area contributed by atoms with Gasteiger partial charge in [-0.15, -0.1) is 0 Å². The number of amides is 2. The second-order valence-electron chi connectivity index (χ2n) is 7.70. The predicted molar refractivity (Wildman–Crippen MR) is 124 cm³/mol. The van der Waals surface area contributed by atoms with Crippen LogP contribution in [0.2, 0.25) is 0 Å². The van der Waals surface area contributed by atoms with E-state index < -0.39 is 0 Å². The Balaban J connectivity index is 1.41. The lowest BCUT2D eigenvalue weighted by Gasteiger charge is -2.35. The number of thiocarbonyl (C=S) groups is 1. The van der Waals surface area contributed by atoms with Crippen LogP contribution in [0.1, 0.15) is 63.9 Å². The minimum absolute atomic E-state index is 0.000895. The SMILES string of the molecule is CCC1CCCCN1C(=O)CCCCCN1C(=O)C(=Cc2ccccc2)SC1=S. The largest absolute Gasteiger partial charge is 0.340 e. The Bertz CT molecular complexity index is 763. The molecule has 2 aliphatic heterocycles. The zero-order valence-corrected chi connectivity index (χ0v) is 18.8. The first-order chi connectivity index (χ1) is 14.1. The lowest BCUT2D eigenvalue weighted by Crippen LogP contribution is -2.43. The molecule has 2 fully saturated rings. The molecule has 2 amide bonds. The van der Waals surface area contributed by atoms with Crippen molar-refractivity contribution in [1.29, 1.82) is 0 Å². The molecule has 1 aromatic carbocycles. The molecule has 2 aliphatic rings. The molecule has 1 unspecified atom stereocenters. The molecular formula is C23H30N2O2S2. The Morgan fingerprint density at radius 3 is 2.76 bits per heavy atom. The molecule has 0 bridgehead atoms. The highest BCUT2D eigenvalue weighted by molar-refractivity contribution is 8.26. The van der Waals surface area contributed by atoms with Gasteiger partial charge in [-0.25, -0.2) is 0 Å². The molecule has 3 rings (SSSR count). The van der Waals surface area contributed by atoms with Crippen molar-refractivity contribution in [2.75, 3.05) is 13.1 Å². The van der Waals surface area contributed by atoms with E-state index in [0.717, 1.165) is 50.6 Å². The molecule has 0 aliphatic carbocycles. The molecular weight excluding hydrogens is 400 g/mol. The van der Waals surface area contributed by atoms with Gasteiger partial charge in [-0.1, -0.05) is 67.7 Å². The number of carbonyl (C=O) groups is 2. The molecule has 2 saturated heterocycles. The van der Waals surface area contributed by atoms with Gasteiger partial charge in [0.25, 0.3) is 5.91 Å². The molecule has 1 atom stereocenters. The van der Waals surface area contributed by atoms with Gasteiger partial charge in [-0.2, -0.15) is 0 Å². The fourth-order valence-corrected chi connectivity index (χ4v) is 5.32. The van der Waals surface area contributed by atoms with Crippen LogP contribution in [0.15, 0.2) is 35.2 Å². The highest BCUT2D eigenvalue weighted by Gasteiger charge is 2.31. The monoisotopic (exact) mass is 430 g/mol. The zero-order chi connectivity index (χ0) is 20.6. The fourth-order valence-electron chi connectivity index (χ4n) is 4.01. The maximum Gasteiger partial charge on any atom is 0.266 e. The third-order valence-electron chi connectivity index (χ3n) is 5.66. The molecule has 0 spiro atoms. The van der Waals surface area contributed by atoms with Crippen molar-refractivity contribution in [2.45, 2.75) is 64.3 Å². The molecule has 1 aromatic rings. The van der Waals surface area contributed by atoms with Crippen LogP contribution in [0.4, 0.5) is 0 Å². The van der Waals surface area contributed by atoms with Crippen molar-refractivity contribution in [3.63, 3.8) is 0 Å². The summed E-state index contributed by atoms with van der Waals surface area (Å²) in [6, 6.07) is 10.3.